The monoisotopic (exact) mass is 491 g/mol. The smallest absolute Gasteiger partial charge is 0.228 e. The average molecular weight is 492 g/mol. The molecule has 1 aliphatic carbocycles. The Morgan fingerprint density at radius 3 is 2.83 bits per heavy atom. The van der Waals surface area contributed by atoms with Gasteiger partial charge in [-0.2, -0.15) is 0 Å². The summed E-state index contributed by atoms with van der Waals surface area (Å²) in [6, 6.07) is 6.57. The summed E-state index contributed by atoms with van der Waals surface area (Å²) in [5, 5.41) is 13.2. The maximum atomic E-state index is 5.51. The maximum Gasteiger partial charge on any atom is 0.228 e. The number of aromatic nitrogens is 4. The summed E-state index contributed by atoms with van der Waals surface area (Å²) in [5.41, 5.74) is 2.07. The van der Waals surface area contributed by atoms with E-state index in [1.165, 1.54) is 25.7 Å². The summed E-state index contributed by atoms with van der Waals surface area (Å²) in [5.74, 6) is 2.69. The van der Waals surface area contributed by atoms with Crippen LogP contribution in [-0.2, 0) is 5.75 Å². The van der Waals surface area contributed by atoms with Crippen LogP contribution in [0.2, 0.25) is 0 Å². The van der Waals surface area contributed by atoms with Crippen molar-refractivity contribution in [2.24, 2.45) is 0 Å². The van der Waals surface area contributed by atoms with Crippen molar-refractivity contribution in [3.63, 3.8) is 0 Å². The van der Waals surface area contributed by atoms with Gasteiger partial charge in [-0.15, -0.1) is 21.5 Å². The Balaban J connectivity index is 1.34. The van der Waals surface area contributed by atoms with E-state index in [1.807, 2.05) is 12.1 Å². The zero-order valence-corrected chi connectivity index (χ0v) is 19.4. The molecule has 3 aromatic rings. The number of methoxy groups -OCH3 is 1. The number of hydrogen-bond acceptors (Lipinski definition) is 7. The van der Waals surface area contributed by atoms with Crippen LogP contribution >= 0.6 is 39.0 Å². The first kappa shape index (κ1) is 19.4. The number of halogens is 1. The third-order valence-corrected chi connectivity index (χ3v) is 7.63. The second-order valence-electron chi connectivity index (χ2n) is 7.36. The molecule has 3 heterocycles. The summed E-state index contributed by atoms with van der Waals surface area (Å²) in [6.07, 6.45) is 4.97. The number of benzene rings is 1. The van der Waals surface area contributed by atoms with Crippen molar-refractivity contribution in [3.8, 4) is 16.3 Å². The van der Waals surface area contributed by atoms with E-state index < -0.39 is 0 Å². The highest BCUT2D eigenvalue weighted by Crippen LogP contribution is 2.42. The Morgan fingerprint density at radius 2 is 2.07 bits per heavy atom. The molecule has 1 aromatic carbocycles. The normalized spacial score (nSPS) is 16.6. The second-order valence-corrected chi connectivity index (χ2v) is 10.1. The highest BCUT2D eigenvalue weighted by molar-refractivity contribution is 9.10. The van der Waals surface area contributed by atoms with Gasteiger partial charge in [0.25, 0.3) is 0 Å². The van der Waals surface area contributed by atoms with E-state index in [1.54, 1.807) is 30.2 Å². The van der Waals surface area contributed by atoms with Crippen LogP contribution in [0.25, 0.3) is 10.6 Å². The summed E-state index contributed by atoms with van der Waals surface area (Å²) < 4.78 is 8.89. The van der Waals surface area contributed by atoms with Gasteiger partial charge in [0.05, 0.1) is 18.4 Å². The minimum atomic E-state index is 0.569. The van der Waals surface area contributed by atoms with Crippen LogP contribution in [0.3, 0.4) is 0 Å². The van der Waals surface area contributed by atoms with Crippen LogP contribution in [-0.4, -0.2) is 39.9 Å². The van der Waals surface area contributed by atoms with E-state index in [9.17, 15) is 0 Å². The molecule has 0 radical (unpaired) electrons. The lowest BCUT2D eigenvalue weighted by atomic mass is 10.2. The molecular weight excluding hydrogens is 470 g/mol. The van der Waals surface area contributed by atoms with Gasteiger partial charge in [-0.3, -0.25) is 4.57 Å². The number of ether oxygens (including phenoxy) is 1. The first-order chi connectivity index (χ1) is 14.2. The highest BCUT2D eigenvalue weighted by Gasteiger charge is 2.32. The summed E-state index contributed by atoms with van der Waals surface area (Å²) >= 11 is 6.93. The number of rotatable bonds is 7. The van der Waals surface area contributed by atoms with Crippen molar-refractivity contribution >= 4 is 45.0 Å². The standard InChI is InChI=1S/C20H22BrN5OS2/c1-27-17-7-4-13(21)10-16(17)18-22-14(11-28-18)12-29-20-24-23-19(25-8-2-3-9-25)26(20)15-5-6-15/h4,7,10-11,15H,2-3,5-6,8-9,12H2,1H3. The van der Waals surface area contributed by atoms with Gasteiger partial charge < -0.3 is 9.64 Å². The molecule has 0 amide bonds. The van der Waals surface area contributed by atoms with Crippen LogP contribution in [0.4, 0.5) is 5.95 Å². The topological polar surface area (TPSA) is 56.1 Å². The van der Waals surface area contributed by atoms with E-state index >= 15 is 0 Å². The van der Waals surface area contributed by atoms with Crippen molar-refractivity contribution in [1.82, 2.24) is 19.7 Å². The Bertz CT molecular complexity index is 1010. The van der Waals surface area contributed by atoms with Crippen LogP contribution in [0, 0.1) is 0 Å². The molecule has 0 unspecified atom stereocenters. The van der Waals surface area contributed by atoms with Crippen LogP contribution in [0.15, 0.2) is 33.2 Å². The lowest BCUT2D eigenvalue weighted by Crippen LogP contribution is -2.22. The molecule has 0 bridgehead atoms. The fraction of sp³-hybridized carbons (Fsp3) is 0.450. The molecule has 2 aliphatic rings. The van der Waals surface area contributed by atoms with E-state index in [2.05, 4.69) is 47.0 Å². The van der Waals surface area contributed by atoms with Gasteiger partial charge >= 0.3 is 0 Å². The zero-order chi connectivity index (χ0) is 19.8. The van der Waals surface area contributed by atoms with Crippen LogP contribution < -0.4 is 9.64 Å². The number of anilines is 1. The zero-order valence-electron chi connectivity index (χ0n) is 16.2. The van der Waals surface area contributed by atoms with Gasteiger partial charge in [0, 0.05) is 34.7 Å². The largest absolute Gasteiger partial charge is 0.496 e. The number of thiazole rings is 1. The van der Waals surface area contributed by atoms with E-state index in [-0.39, 0.29) is 0 Å². The van der Waals surface area contributed by atoms with Gasteiger partial charge in [-0.05, 0) is 43.9 Å². The average Bonchev–Trinajstić information content (AvgIpc) is 3.15. The Kier molecular flexibility index (Phi) is 5.53. The molecule has 9 heteroatoms. The molecule has 0 atom stereocenters. The molecule has 2 aromatic heterocycles. The van der Waals surface area contributed by atoms with Gasteiger partial charge in [-0.1, -0.05) is 27.7 Å². The molecule has 0 spiro atoms. The maximum absolute atomic E-state index is 5.51. The molecular formula is C20H22BrN5OS2. The van der Waals surface area contributed by atoms with E-state index in [0.29, 0.717) is 6.04 Å². The summed E-state index contributed by atoms with van der Waals surface area (Å²) in [7, 11) is 1.69. The summed E-state index contributed by atoms with van der Waals surface area (Å²) in [4.78, 5) is 7.23. The minimum absolute atomic E-state index is 0.569. The van der Waals surface area contributed by atoms with E-state index in [0.717, 1.165) is 56.4 Å². The SMILES string of the molecule is COc1ccc(Br)cc1-c1nc(CSc2nnc(N3CCCC3)n2C2CC2)cs1. The number of nitrogens with zero attached hydrogens (tertiary/aromatic N) is 5. The molecule has 29 heavy (non-hydrogen) atoms. The van der Waals surface area contributed by atoms with Crippen LogP contribution in [0.1, 0.15) is 37.4 Å². The van der Waals surface area contributed by atoms with E-state index in [4.69, 9.17) is 9.72 Å². The van der Waals surface area contributed by atoms with Gasteiger partial charge in [0.15, 0.2) is 5.16 Å². The Hall–Kier alpha value is -1.58. The first-order valence-corrected chi connectivity index (χ1v) is 12.5. The molecule has 6 nitrogen and oxygen atoms in total. The third-order valence-electron chi connectivity index (χ3n) is 5.24. The summed E-state index contributed by atoms with van der Waals surface area (Å²) in [6.45, 7) is 2.19. The fourth-order valence-corrected chi connectivity index (χ4v) is 5.84. The molecule has 152 valence electrons. The number of hydrogen-bond donors (Lipinski definition) is 0. The van der Waals surface area contributed by atoms with Crippen molar-refractivity contribution < 1.29 is 4.74 Å². The predicted molar refractivity (Wildman–Crippen MR) is 121 cm³/mol. The van der Waals surface area contributed by atoms with Crippen LogP contribution in [0.5, 0.6) is 5.75 Å². The quantitative estimate of drug-likeness (QED) is 0.412. The van der Waals surface area contributed by atoms with Gasteiger partial charge in [0.1, 0.15) is 10.8 Å². The number of thioether (sulfide) groups is 1. The van der Waals surface area contributed by atoms with Crippen molar-refractivity contribution in [1.29, 1.82) is 0 Å². The lowest BCUT2D eigenvalue weighted by Gasteiger charge is -2.17. The minimum Gasteiger partial charge on any atom is -0.496 e. The first-order valence-electron chi connectivity index (χ1n) is 9.84. The lowest BCUT2D eigenvalue weighted by molar-refractivity contribution is 0.416. The third kappa shape index (κ3) is 4.04. The molecule has 2 fully saturated rings. The van der Waals surface area contributed by atoms with Gasteiger partial charge in [-0.25, -0.2) is 4.98 Å². The predicted octanol–water partition coefficient (Wildman–Crippen LogP) is 5.40. The highest BCUT2D eigenvalue weighted by atomic mass is 79.9. The fourth-order valence-electron chi connectivity index (χ4n) is 3.64. The second kappa shape index (κ2) is 8.28. The molecule has 0 N–H and O–H groups in total. The van der Waals surface area contributed by atoms with Crippen molar-refractivity contribution in [2.45, 2.75) is 42.6 Å². The molecule has 1 saturated carbocycles. The molecule has 5 rings (SSSR count). The van der Waals surface area contributed by atoms with Crippen molar-refractivity contribution in [2.75, 3.05) is 25.1 Å². The molecule has 1 saturated heterocycles. The molecule has 1 aliphatic heterocycles. The van der Waals surface area contributed by atoms with Crippen molar-refractivity contribution in [3.05, 3.63) is 33.7 Å². The Labute approximate surface area is 186 Å². The Morgan fingerprint density at radius 1 is 1.24 bits per heavy atom. The van der Waals surface area contributed by atoms with Gasteiger partial charge in [0.2, 0.25) is 5.95 Å².